The Labute approximate surface area is 180 Å². The van der Waals surface area contributed by atoms with Crippen LogP contribution in [0.2, 0.25) is 10.0 Å². The molecule has 2 aromatic carbocycles. The highest BCUT2D eigenvalue weighted by Crippen LogP contribution is 2.44. The quantitative estimate of drug-likeness (QED) is 0.714. The number of para-hydroxylation sites is 1. The van der Waals surface area contributed by atoms with Crippen LogP contribution in [0, 0.1) is 0 Å². The highest BCUT2D eigenvalue weighted by molar-refractivity contribution is 7.93. The van der Waals surface area contributed by atoms with Crippen LogP contribution in [-0.4, -0.2) is 49.4 Å². The number of anilines is 1. The lowest BCUT2D eigenvalue weighted by atomic mass is 9.98. The summed E-state index contributed by atoms with van der Waals surface area (Å²) < 4.78 is 28.1. The Kier molecular flexibility index (Phi) is 5.70. The maximum Gasteiger partial charge on any atom is 0.268 e. The lowest BCUT2D eigenvalue weighted by Gasteiger charge is -2.23. The van der Waals surface area contributed by atoms with E-state index in [0.29, 0.717) is 12.2 Å². The molecule has 0 aromatic heterocycles. The predicted molar refractivity (Wildman–Crippen MR) is 113 cm³/mol. The van der Waals surface area contributed by atoms with Gasteiger partial charge in [-0.1, -0.05) is 41.4 Å². The van der Waals surface area contributed by atoms with Gasteiger partial charge in [0.1, 0.15) is 11.1 Å². The first-order chi connectivity index (χ1) is 13.8. The Hall–Kier alpha value is -1.51. The van der Waals surface area contributed by atoms with Crippen molar-refractivity contribution in [3.05, 3.63) is 52.0 Å². The molecular formula is C20H22Cl2N2O4S. The van der Waals surface area contributed by atoms with Gasteiger partial charge in [0.2, 0.25) is 0 Å². The Morgan fingerprint density at radius 3 is 2.66 bits per heavy atom. The second-order valence-electron chi connectivity index (χ2n) is 7.47. The van der Waals surface area contributed by atoms with Crippen molar-refractivity contribution in [2.24, 2.45) is 0 Å². The van der Waals surface area contributed by atoms with Crippen LogP contribution >= 0.6 is 23.2 Å². The average molecular weight is 457 g/mol. The van der Waals surface area contributed by atoms with Crippen LogP contribution in [0.4, 0.5) is 5.69 Å². The van der Waals surface area contributed by atoms with Crippen LogP contribution in [0.15, 0.2) is 41.3 Å². The van der Waals surface area contributed by atoms with E-state index in [1.54, 1.807) is 12.1 Å². The van der Waals surface area contributed by atoms with Gasteiger partial charge in [-0.15, -0.1) is 0 Å². The molecular weight excluding hydrogens is 435 g/mol. The molecule has 0 bridgehead atoms. The highest BCUT2D eigenvalue weighted by Gasteiger charge is 2.38. The molecule has 0 amide bonds. The predicted octanol–water partition coefficient (Wildman–Crippen LogP) is 3.80. The van der Waals surface area contributed by atoms with Crippen LogP contribution in [0.1, 0.15) is 30.7 Å². The zero-order valence-electron chi connectivity index (χ0n) is 15.6. The summed E-state index contributed by atoms with van der Waals surface area (Å²) in [6, 6.07) is 9.90. The average Bonchev–Trinajstić information content (AvgIpc) is 3.26. The Bertz CT molecular complexity index is 1030. The molecule has 2 N–H and O–H groups in total. The van der Waals surface area contributed by atoms with Gasteiger partial charge in [-0.05, 0) is 43.0 Å². The maximum absolute atomic E-state index is 13.4. The van der Waals surface area contributed by atoms with Gasteiger partial charge in [0.05, 0.1) is 10.7 Å². The van der Waals surface area contributed by atoms with Crippen LogP contribution in [0.5, 0.6) is 5.75 Å². The molecule has 6 nitrogen and oxygen atoms in total. The first kappa shape index (κ1) is 20.8. The van der Waals surface area contributed by atoms with E-state index in [0.717, 1.165) is 31.4 Å². The number of benzene rings is 2. The number of phenolic OH excluding ortho intramolecular Hbond substituents is 1. The molecule has 1 fully saturated rings. The summed E-state index contributed by atoms with van der Waals surface area (Å²) in [6.45, 7) is 1.81. The molecule has 9 heteroatoms. The van der Waals surface area contributed by atoms with Crippen LogP contribution < -0.4 is 4.31 Å². The summed E-state index contributed by atoms with van der Waals surface area (Å²) in [4.78, 5) is 1.72. The minimum Gasteiger partial charge on any atom is -0.505 e. The SMILES string of the molecule is O=S(=O)(c1cc(Cl)cc(Cl)c1O)N1CC(CCN2CCCC2O)c2ccccc21. The fourth-order valence-corrected chi connectivity index (χ4v) is 6.46. The summed E-state index contributed by atoms with van der Waals surface area (Å²) in [7, 11) is -4.06. The number of hydrogen-bond acceptors (Lipinski definition) is 5. The Balaban J connectivity index is 1.65. The minimum absolute atomic E-state index is 0.00873. The summed E-state index contributed by atoms with van der Waals surface area (Å²) in [5, 5.41) is 20.3. The van der Waals surface area contributed by atoms with E-state index in [1.165, 1.54) is 16.4 Å². The van der Waals surface area contributed by atoms with Crippen molar-refractivity contribution in [1.29, 1.82) is 0 Å². The molecule has 0 saturated carbocycles. The van der Waals surface area contributed by atoms with Gasteiger partial charge in [-0.2, -0.15) is 0 Å². The van der Waals surface area contributed by atoms with Crippen molar-refractivity contribution in [1.82, 2.24) is 4.90 Å². The van der Waals surface area contributed by atoms with Gasteiger partial charge < -0.3 is 10.2 Å². The molecule has 2 unspecified atom stereocenters. The third kappa shape index (κ3) is 3.82. The Morgan fingerprint density at radius 2 is 1.93 bits per heavy atom. The first-order valence-electron chi connectivity index (χ1n) is 9.51. The van der Waals surface area contributed by atoms with Crippen molar-refractivity contribution in [2.75, 3.05) is 23.9 Å². The maximum atomic E-state index is 13.4. The van der Waals surface area contributed by atoms with Crippen molar-refractivity contribution >= 4 is 38.9 Å². The zero-order chi connectivity index (χ0) is 20.8. The summed E-state index contributed by atoms with van der Waals surface area (Å²) in [5.74, 6) is -0.511. The highest BCUT2D eigenvalue weighted by atomic mass is 35.5. The van der Waals surface area contributed by atoms with E-state index in [2.05, 4.69) is 0 Å². The number of aliphatic hydroxyl groups is 1. The van der Waals surface area contributed by atoms with Gasteiger partial charge in [0, 0.05) is 30.6 Å². The molecule has 2 atom stereocenters. The number of aromatic hydroxyl groups is 1. The van der Waals surface area contributed by atoms with Crippen molar-refractivity contribution in [3.63, 3.8) is 0 Å². The van der Waals surface area contributed by atoms with Gasteiger partial charge in [-0.3, -0.25) is 9.21 Å². The number of halogens is 2. The molecule has 0 radical (unpaired) electrons. The topological polar surface area (TPSA) is 81.1 Å². The third-order valence-electron chi connectivity index (χ3n) is 5.69. The number of phenols is 1. The lowest BCUT2D eigenvalue weighted by molar-refractivity contribution is 0.0366. The normalized spacial score (nSPS) is 22.2. The molecule has 2 aromatic rings. The molecule has 0 spiro atoms. The zero-order valence-corrected chi connectivity index (χ0v) is 18.0. The lowest BCUT2D eigenvalue weighted by Crippen LogP contribution is -2.33. The number of nitrogens with zero attached hydrogens (tertiary/aromatic N) is 2. The molecule has 29 heavy (non-hydrogen) atoms. The Morgan fingerprint density at radius 1 is 1.17 bits per heavy atom. The monoisotopic (exact) mass is 456 g/mol. The van der Waals surface area contributed by atoms with Crippen LogP contribution in [0.3, 0.4) is 0 Å². The number of fused-ring (bicyclic) bond motifs is 1. The van der Waals surface area contributed by atoms with Crippen molar-refractivity contribution < 1.29 is 18.6 Å². The largest absolute Gasteiger partial charge is 0.505 e. The summed E-state index contributed by atoms with van der Waals surface area (Å²) in [6.07, 6.45) is 2.05. The van der Waals surface area contributed by atoms with Gasteiger partial charge in [0.25, 0.3) is 10.0 Å². The van der Waals surface area contributed by atoms with Gasteiger partial charge >= 0.3 is 0 Å². The van der Waals surface area contributed by atoms with E-state index in [4.69, 9.17) is 23.2 Å². The third-order valence-corrected chi connectivity index (χ3v) is 7.99. The van der Waals surface area contributed by atoms with Crippen LogP contribution in [-0.2, 0) is 10.0 Å². The van der Waals surface area contributed by atoms with E-state index < -0.39 is 22.0 Å². The van der Waals surface area contributed by atoms with Crippen molar-refractivity contribution in [3.8, 4) is 5.75 Å². The van der Waals surface area contributed by atoms with E-state index >= 15 is 0 Å². The fraction of sp³-hybridized carbons (Fsp3) is 0.400. The fourth-order valence-electron chi connectivity index (χ4n) is 4.18. The standard InChI is InChI=1S/C20H22Cl2N2O4S/c21-14-10-16(22)20(26)18(11-14)29(27,28)24-12-13(15-4-1-2-5-17(15)24)7-9-23-8-3-6-19(23)25/h1-2,4-5,10-11,13,19,25-26H,3,6-9,12H2. The summed E-state index contributed by atoms with van der Waals surface area (Å²) >= 11 is 11.9. The number of sulfonamides is 1. The second-order valence-corrected chi connectivity index (χ2v) is 10.1. The van der Waals surface area contributed by atoms with Crippen molar-refractivity contribution in [2.45, 2.75) is 36.3 Å². The van der Waals surface area contributed by atoms with E-state index in [9.17, 15) is 18.6 Å². The van der Waals surface area contributed by atoms with Crippen LogP contribution in [0.25, 0.3) is 0 Å². The first-order valence-corrected chi connectivity index (χ1v) is 11.7. The molecule has 2 aliphatic rings. The molecule has 1 saturated heterocycles. The van der Waals surface area contributed by atoms with E-state index in [-0.39, 0.29) is 27.4 Å². The van der Waals surface area contributed by atoms with E-state index in [1.807, 2.05) is 17.0 Å². The van der Waals surface area contributed by atoms with Gasteiger partial charge in [0.15, 0.2) is 5.75 Å². The molecule has 0 aliphatic carbocycles. The molecule has 4 rings (SSSR count). The number of likely N-dealkylation sites (tertiary alicyclic amines) is 1. The number of hydrogen-bond donors (Lipinski definition) is 2. The molecule has 156 valence electrons. The second kappa shape index (κ2) is 7.96. The number of rotatable bonds is 5. The molecule has 2 heterocycles. The number of aliphatic hydroxyl groups excluding tert-OH is 1. The van der Waals surface area contributed by atoms with Gasteiger partial charge in [-0.25, -0.2) is 8.42 Å². The smallest absolute Gasteiger partial charge is 0.268 e. The molecule has 2 aliphatic heterocycles. The minimum atomic E-state index is -4.06. The summed E-state index contributed by atoms with van der Waals surface area (Å²) in [5.41, 5.74) is 1.53.